The van der Waals surface area contributed by atoms with Crippen molar-refractivity contribution in [1.29, 1.82) is 0 Å². The van der Waals surface area contributed by atoms with Crippen LogP contribution in [0.4, 0.5) is 17.1 Å². The smallest absolute Gasteiger partial charge is 0.143 e. The highest BCUT2D eigenvalue weighted by Crippen LogP contribution is 2.43. The first-order chi connectivity index (χ1) is 21.8. The predicted molar refractivity (Wildman–Crippen MR) is 186 cm³/mol. The maximum atomic E-state index is 6.58. The van der Waals surface area contributed by atoms with E-state index in [1.165, 1.54) is 38.1 Å². The van der Waals surface area contributed by atoms with Gasteiger partial charge in [0.25, 0.3) is 0 Å². The van der Waals surface area contributed by atoms with Gasteiger partial charge in [0.15, 0.2) is 0 Å². The van der Waals surface area contributed by atoms with Gasteiger partial charge in [0.2, 0.25) is 0 Å². The van der Waals surface area contributed by atoms with Gasteiger partial charge in [-0.15, -0.1) is 0 Å². The summed E-state index contributed by atoms with van der Waals surface area (Å²) in [6, 6.07) is 58.5. The van der Waals surface area contributed by atoms with Gasteiger partial charge in [0.1, 0.15) is 11.2 Å². The number of anilines is 3. The minimum Gasteiger partial charge on any atom is -0.455 e. The minimum atomic E-state index is 0.886. The summed E-state index contributed by atoms with van der Waals surface area (Å²) in [6.07, 6.45) is 0. The van der Waals surface area contributed by atoms with E-state index in [0.717, 1.165) is 44.4 Å². The van der Waals surface area contributed by atoms with Gasteiger partial charge in [0, 0.05) is 33.2 Å². The number of hydrogen-bond donors (Lipinski definition) is 0. The van der Waals surface area contributed by atoms with Crippen LogP contribution in [-0.4, -0.2) is 0 Å². The second kappa shape index (κ2) is 9.86. The largest absolute Gasteiger partial charge is 0.455 e. The van der Waals surface area contributed by atoms with E-state index in [1.807, 2.05) is 0 Å². The van der Waals surface area contributed by atoms with E-state index in [2.05, 4.69) is 169 Å². The molecule has 9 rings (SSSR count). The molecule has 2 heteroatoms. The Morgan fingerprint density at radius 1 is 0.364 bits per heavy atom. The molecular formula is C42H27NO. The Balaban J connectivity index is 1.28. The molecule has 0 atom stereocenters. The number of rotatable bonds is 4. The molecule has 0 amide bonds. The van der Waals surface area contributed by atoms with Crippen LogP contribution >= 0.6 is 0 Å². The Hall–Kier alpha value is -5.86. The number of para-hydroxylation sites is 1. The van der Waals surface area contributed by atoms with Gasteiger partial charge >= 0.3 is 0 Å². The van der Waals surface area contributed by atoms with E-state index >= 15 is 0 Å². The molecule has 0 unspecified atom stereocenters. The van der Waals surface area contributed by atoms with Crippen LogP contribution in [-0.2, 0) is 0 Å². The molecule has 8 aromatic carbocycles. The van der Waals surface area contributed by atoms with Crippen LogP contribution in [0.5, 0.6) is 0 Å². The van der Waals surface area contributed by atoms with Crippen LogP contribution in [0.15, 0.2) is 168 Å². The molecule has 0 saturated carbocycles. The van der Waals surface area contributed by atoms with E-state index in [4.69, 9.17) is 4.42 Å². The molecule has 0 saturated heterocycles. The zero-order valence-corrected chi connectivity index (χ0v) is 23.9. The van der Waals surface area contributed by atoms with Crippen LogP contribution in [0.25, 0.3) is 65.4 Å². The Labute approximate surface area is 255 Å². The molecule has 1 heterocycles. The minimum absolute atomic E-state index is 0.886. The quantitative estimate of drug-likeness (QED) is 0.199. The summed E-state index contributed by atoms with van der Waals surface area (Å²) >= 11 is 0. The van der Waals surface area contributed by atoms with E-state index in [-0.39, 0.29) is 0 Å². The predicted octanol–water partition coefficient (Wildman–Crippen LogP) is 12.2. The number of hydrogen-bond acceptors (Lipinski definition) is 2. The van der Waals surface area contributed by atoms with Crippen LogP contribution in [0.1, 0.15) is 0 Å². The Morgan fingerprint density at radius 2 is 1.00 bits per heavy atom. The number of benzene rings is 8. The molecule has 0 fully saturated rings. The first-order valence-corrected chi connectivity index (χ1v) is 15.0. The van der Waals surface area contributed by atoms with Gasteiger partial charge < -0.3 is 9.32 Å². The fourth-order valence-electron chi connectivity index (χ4n) is 6.75. The SMILES string of the molecule is c1ccc(-c2cc3c4cc(N(c5ccccc5)c5ccc6c(ccc7ccccc76)c5)ccc4oc3c3ccccc23)cc1. The lowest BCUT2D eigenvalue weighted by Crippen LogP contribution is -2.09. The van der Waals surface area contributed by atoms with E-state index in [1.54, 1.807) is 0 Å². The standard InChI is InChI=1S/C42H27NO/c1-3-11-28(12-4-1)38-27-40-39-26-33(22-24-41(39)44-42(40)37-18-10-9-17-36(37)38)43(31-14-5-2-6-15-31)32-21-23-35-30(25-32)20-19-29-13-7-8-16-34(29)35/h1-27H. The second-order valence-corrected chi connectivity index (χ2v) is 11.4. The third-order valence-corrected chi connectivity index (χ3v) is 8.80. The fraction of sp³-hybridized carbons (Fsp3) is 0. The Morgan fingerprint density at radius 3 is 1.84 bits per heavy atom. The van der Waals surface area contributed by atoms with Crippen molar-refractivity contribution < 1.29 is 4.42 Å². The molecule has 0 radical (unpaired) electrons. The lowest BCUT2D eigenvalue weighted by atomic mass is 9.95. The van der Waals surface area contributed by atoms with Crippen molar-refractivity contribution in [3.8, 4) is 11.1 Å². The summed E-state index contributed by atoms with van der Waals surface area (Å²) in [6.45, 7) is 0. The Bertz CT molecular complexity index is 2490. The van der Waals surface area contributed by atoms with E-state index in [9.17, 15) is 0 Å². The van der Waals surface area contributed by atoms with Gasteiger partial charge in [-0.3, -0.25) is 0 Å². The third-order valence-electron chi connectivity index (χ3n) is 8.80. The highest BCUT2D eigenvalue weighted by atomic mass is 16.3. The van der Waals surface area contributed by atoms with Gasteiger partial charge in [0.05, 0.1) is 0 Å². The van der Waals surface area contributed by atoms with Crippen molar-refractivity contribution in [1.82, 2.24) is 0 Å². The van der Waals surface area contributed by atoms with E-state index in [0.29, 0.717) is 0 Å². The van der Waals surface area contributed by atoms with Crippen molar-refractivity contribution in [2.24, 2.45) is 0 Å². The van der Waals surface area contributed by atoms with Gasteiger partial charge in [-0.25, -0.2) is 0 Å². The lowest BCUT2D eigenvalue weighted by Gasteiger charge is -2.26. The molecule has 206 valence electrons. The zero-order valence-electron chi connectivity index (χ0n) is 23.9. The molecule has 0 N–H and O–H groups in total. The van der Waals surface area contributed by atoms with E-state index < -0.39 is 0 Å². The van der Waals surface area contributed by atoms with Crippen molar-refractivity contribution >= 4 is 71.3 Å². The first kappa shape index (κ1) is 24.7. The number of nitrogens with zero attached hydrogens (tertiary/aromatic N) is 1. The molecule has 1 aromatic heterocycles. The van der Waals surface area contributed by atoms with Gasteiger partial charge in [-0.05, 0) is 86.6 Å². The summed E-state index contributed by atoms with van der Waals surface area (Å²) in [5.41, 5.74) is 7.53. The number of furan rings is 1. The lowest BCUT2D eigenvalue weighted by molar-refractivity contribution is 0.672. The molecule has 2 nitrogen and oxygen atoms in total. The summed E-state index contributed by atoms with van der Waals surface area (Å²) in [5, 5.41) is 9.56. The van der Waals surface area contributed by atoms with Crippen LogP contribution in [0.2, 0.25) is 0 Å². The zero-order chi connectivity index (χ0) is 29.0. The number of fused-ring (bicyclic) bond motifs is 8. The van der Waals surface area contributed by atoms with Crippen LogP contribution < -0.4 is 4.90 Å². The summed E-state index contributed by atoms with van der Waals surface area (Å²) < 4.78 is 6.58. The third kappa shape index (κ3) is 3.89. The molecular weight excluding hydrogens is 534 g/mol. The van der Waals surface area contributed by atoms with Gasteiger partial charge in [-0.1, -0.05) is 115 Å². The topological polar surface area (TPSA) is 16.4 Å². The average Bonchev–Trinajstić information content (AvgIpc) is 3.47. The highest BCUT2D eigenvalue weighted by molar-refractivity contribution is 6.19. The highest BCUT2D eigenvalue weighted by Gasteiger charge is 2.18. The summed E-state index contributed by atoms with van der Waals surface area (Å²) in [7, 11) is 0. The Kier molecular flexibility index (Phi) is 5.54. The molecule has 0 aliphatic carbocycles. The maximum Gasteiger partial charge on any atom is 0.143 e. The van der Waals surface area contributed by atoms with Crippen molar-refractivity contribution in [2.75, 3.05) is 4.90 Å². The molecule has 9 aromatic rings. The van der Waals surface area contributed by atoms with Crippen molar-refractivity contribution in [2.45, 2.75) is 0 Å². The van der Waals surface area contributed by atoms with Crippen molar-refractivity contribution in [3.63, 3.8) is 0 Å². The van der Waals surface area contributed by atoms with Gasteiger partial charge in [-0.2, -0.15) is 0 Å². The average molecular weight is 562 g/mol. The maximum absolute atomic E-state index is 6.58. The van der Waals surface area contributed by atoms with Crippen LogP contribution in [0.3, 0.4) is 0 Å². The fourth-order valence-corrected chi connectivity index (χ4v) is 6.75. The molecule has 0 aliphatic rings. The summed E-state index contributed by atoms with van der Waals surface area (Å²) in [4.78, 5) is 2.34. The molecule has 0 aliphatic heterocycles. The normalized spacial score (nSPS) is 11.6. The molecule has 0 spiro atoms. The molecule has 44 heavy (non-hydrogen) atoms. The monoisotopic (exact) mass is 561 g/mol. The molecule has 0 bridgehead atoms. The van der Waals surface area contributed by atoms with Crippen molar-refractivity contribution in [3.05, 3.63) is 164 Å². The summed E-state index contributed by atoms with van der Waals surface area (Å²) in [5.74, 6) is 0. The van der Waals surface area contributed by atoms with Crippen LogP contribution in [0, 0.1) is 0 Å². The first-order valence-electron chi connectivity index (χ1n) is 15.0. The second-order valence-electron chi connectivity index (χ2n) is 11.4.